The van der Waals surface area contributed by atoms with Crippen molar-refractivity contribution in [3.63, 3.8) is 0 Å². The Balaban J connectivity index is 1.80. The van der Waals surface area contributed by atoms with Crippen molar-refractivity contribution >= 4 is 15.9 Å². The van der Waals surface area contributed by atoms with E-state index in [2.05, 4.69) is 0 Å². The number of carbonyl (C=O) groups is 1. The van der Waals surface area contributed by atoms with Gasteiger partial charge in [0.2, 0.25) is 15.9 Å². The lowest BCUT2D eigenvalue weighted by Crippen LogP contribution is -2.47. The zero-order valence-electron chi connectivity index (χ0n) is 15.0. The SMILES string of the molecule is COc1ccc(F)cc1S(=O)(=O)N1CCC[C@@H](C(=O)N2CCCCC2)C1. The first-order valence-electron chi connectivity index (χ1n) is 9.06. The van der Waals surface area contributed by atoms with Gasteiger partial charge in [-0.15, -0.1) is 0 Å². The summed E-state index contributed by atoms with van der Waals surface area (Å²) in [6.45, 7) is 1.96. The van der Waals surface area contributed by atoms with Crippen molar-refractivity contribution in [2.75, 3.05) is 33.3 Å². The summed E-state index contributed by atoms with van der Waals surface area (Å²) < 4.78 is 46.1. The van der Waals surface area contributed by atoms with Crippen LogP contribution in [0.15, 0.2) is 23.1 Å². The zero-order chi connectivity index (χ0) is 18.7. The largest absolute Gasteiger partial charge is 0.495 e. The van der Waals surface area contributed by atoms with Crippen LogP contribution in [0, 0.1) is 11.7 Å². The Morgan fingerprint density at radius 1 is 1.15 bits per heavy atom. The number of rotatable bonds is 4. The predicted molar refractivity (Wildman–Crippen MR) is 94.9 cm³/mol. The van der Waals surface area contributed by atoms with Crippen molar-refractivity contribution in [1.82, 2.24) is 9.21 Å². The lowest BCUT2D eigenvalue weighted by Gasteiger charge is -2.35. The summed E-state index contributed by atoms with van der Waals surface area (Å²) in [7, 11) is -2.57. The lowest BCUT2D eigenvalue weighted by molar-refractivity contribution is -0.137. The Labute approximate surface area is 154 Å². The molecule has 2 saturated heterocycles. The van der Waals surface area contributed by atoms with Gasteiger partial charge in [-0.1, -0.05) is 0 Å². The zero-order valence-corrected chi connectivity index (χ0v) is 15.8. The smallest absolute Gasteiger partial charge is 0.246 e. The maximum Gasteiger partial charge on any atom is 0.246 e. The lowest BCUT2D eigenvalue weighted by atomic mass is 9.97. The molecule has 2 aliphatic rings. The van der Waals surface area contributed by atoms with Crippen molar-refractivity contribution in [1.29, 1.82) is 0 Å². The van der Waals surface area contributed by atoms with E-state index in [1.165, 1.54) is 17.5 Å². The summed E-state index contributed by atoms with van der Waals surface area (Å²) in [6.07, 6.45) is 4.43. The average molecular weight is 384 g/mol. The van der Waals surface area contributed by atoms with Gasteiger partial charge < -0.3 is 9.64 Å². The highest BCUT2D eigenvalue weighted by atomic mass is 32.2. The molecule has 2 aliphatic heterocycles. The molecule has 0 aromatic heterocycles. The van der Waals surface area contributed by atoms with Crippen LogP contribution in [0.4, 0.5) is 4.39 Å². The second-order valence-corrected chi connectivity index (χ2v) is 8.79. The molecule has 3 rings (SSSR count). The standard InChI is InChI=1S/C18H25FN2O4S/c1-25-16-8-7-15(19)12-17(16)26(23,24)21-11-5-6-14(13-21)18(22)20-9-3-2-4-10-20/h7-8,12,14H,2-6,9-11,13H2,1H3/t14-/m1/s1. The molecule has 0 bridgehead atoms. The highest BCUT2D eigenvalue weighted by Crippen LogP contribution is 2.31. The Morgan fingerprint density at radius 2 is 1.88 bits per heavy atom. The Morgan fingerprint density at radius 3 is 2.58 bits per heavy atom. The molecule has 26 heavy (non-hydrogen) atoms. The molecule has 0 radical (unpaired) electrons. The number of halogens is 1. The molecule has 0 N–H and O–H groups in total. The van der Waals surface area contributed by atoms with Crippen molar-refractivity contribution in [2.24, 2.45) is 5.92 Å². The number of amides is 1. The van der Waals surface area contributed by atoms with Crippen LogP contribution in [0.1, 0.15) is 32.1 Å². The molecule has 2 heterocycles. The molecule has 1 aromatic carbocycles. The van der Waals surface area contributed by atoms with Crippen molar-refractivity contribution in [3.8, 4) is 5.75 Å². The maximum absolute atomic E-state index is 13.6. The van der Waals surface area contributed by atoms with Crippen molar-refractivity contribution in [2.45, 2.75) is 37.0 Å². The van der Waals surface area contributed by atoms with E-state index in [4.69, 9.17) is 4.74 Å². The number of sulfonamides is 1. The van der Waals surface area contributed by atoms with Gasteiger partial charge in [0.1, 0.15) is 16.5 Å². The summed E-state index contributed by atoms with van der Waals surface area (Å²) in [5.74, 6) is -0.829. The monoisotopic (exact) mass is 384 g/mol. The van der Waals surface area contributed by atoms with Gasteiger partial charge in [-0.05, 0) is 50.3 Å². The number of hydrogen-bond acceptors (Lipinski definition) is 4. The van der Waals surface area contributed by atoms with Crippen LogP contribution in [0.5, 0.6) is 5.75 Å². The second-order valence-electron chi connectivity index (χ2n) is 6.88. The molecule has 8 heteroatoms. The molecule has 0 spiro atoms. The highest BCUT2D eigenvalue weighted by Gasteiger charge is 2.36. The molecule has 1 amide bonds. The van der Waals surface area contributed by atoms with E-state index in [1.807, 2.05) is 4.90 Å². The normalized spacial score (nSPS) is 22.2. The summed E-state index contributed by atoms with van der Waals surface area (Å²) in [5.41, 5.74) is 0. The van der Waals surface area contributed by atoms with Gasteiger partial charge in [-0.2, -0.15) is 4.31 Å². The number of nitrogens with zero attached hydrogens (tertiary/aromatic N) is 2. The fourth-order valence-corrected chi connectivity index (χ4v) is 5.42. The van der Waals surface area contributed by atoms with E-state index in [-0.39, 0.29) is 29.0 Å². The van der Waals surface area contributed by atoms with Gasteiger partial charge in [0.05, 0.1) is 13.0 Å². The minimum absolute atomic E-state index is 0.0378. The molecular formula is C18H25FN2O4S. The molecule has 0 aliphatic carbocycles. The number of ether oxygens (including phenoxy) is 1. The first-order chi connectivity index (χ1) is 12.4. The van der Waals surface area contributed by atoms with Crippen LogP contribution >= 0.6 is 0 Å². The topological polar surface area (TPSA) is 66.9 Å². The van der Waals surface area contributed by atoms with Crippen LogP contribution in [0.3, 0.4) is 0 Å². The van der Waals surface area contributed by atoms with E-state index < -0.39 is 15.8 Å². The number of benzene rings is 1. The van der Waals surface area contributed by atoms with E-state index >= 15 is 0 Å². The molecule has 2 fully saturated rings. The van der Waals surface area contributed by atoms with Gasteiger partial charge in [-0.3, -0.25) is 4.79 Å². The van der Waals surface area contributed by atoms with E-state index in [0.29, 0.717) is 19.4 Å². The minimum Gasteiger partial charge on any atom is -0.495 e. The first-order valence-corrected chi connectivity index (χ1v) is 10.5. The van der Waals surface area contributed by atoms with E-state index in [0.717, 1.165) is 44.5 Å². The van der Waals surface area contributed by atoms with Crippen LogP contribution in [0.25, 0.3) is 0 Å². The predicted octanol–water partition coefficient (Wildman–Crippen LogP) is 2.25. The molecule has 144 valence electrons. The van der Waals surface area contributed by atoms with Gasteiger partial charge in [0.25, 0.3) is 0 Å². The molecule has 6 nitrogen and oxygen atoms in total. The third-order valence-corrected chi connectivity index (χ3v) is 7.03. The second kappa shape index (κ2) is 7.92. The number of carbonyl (C=O) groups excluding carboxylic acids is 1. The molecule has 0 saturated carbocycles. The van der Waals surface area contributed by atoms with Crippen LogP contribution in [-0.4, -0.2) is 56.8 Å². The number of piperidine rings is 2. The average Bonchev–Trinajstić information content (AvgIpc) is 2.68. The fourth-order valence-electron chi connectivity index (χ4n) is 3.73. The first kappa shape index (κ1) is 19.1. The Hall–Kier alpha value is -1.67. The summed E-state index contributed by atoms with van der Waals surface area (Å²) in [4.78, 5) is 14.4. The fraction of sp³-hybridized carbons (Fsp3) is 0.611. The molecule has 1 atom stereocenters. The molecule has 1 aromatic rings. The number of hydrogen-bond donors (Lipinski definition) is 0. The Bertz CT molecular complexity index is 762. The van der Waals surface area contributed by atoms with E-state index in [9.17, 15) is 17.6 Å². The van der Waals surface area contributed by atoms with Crippen molar-refractivity contribution in [3.05, 3.63) is 24.0 Å². The van der Waals surface area contributed by atoms with Crippen LogP contribution < -0.4 is 4.74 Å². The third-order valence-electron chi connectivity index (χ3n) is 5.14. The van der Waals surface area contributed by atoms with Crippen LogP contribution in [-0.2, 0) is 14.8 Å². The maximum atomic E-state index is 13.6. The Kier molecular flexibility index (Phi) is 5.82. The minimum atomic E-state index is -3.93. The van der Waals surface area contributed by atoms with Crippen molar-refractivity contribution < 1.29 is 22.3 Å². The molecular weight excluding hydrogens is 359 g/mol. The number of methoxy groups -OCH3 is 1. The number of likely N-dealkylation sites (tertiary alicyclic amines) is 1. The van der Waals surface area contributed by atoms with Crippen LogP contribution in [0.2, 0.25) is 0 Å². The summed E-state index contributed by atoms with van der Waals surface area (Å²) >= 11 is 0. The molecule has 0 unspecified atom stereocenters. The van der Waals surface area contributed by atoms with Gasteiger partial charge in [-0.25, -0.2) is 12.8 Å². The summed E-state index contributed by atoms with van der Waals surface area (Å²) in [6, 6.07) is 3.45. The summed E-state index contributed by atoms with van der Waals surface area (Å²) in [5, 5.41) is 0. The van der Waals surface area contributed by atoms with Gasteiger partial charge in [0, 0.05) is 26.2 Å². The quantitative estimate of drug-likeness (QED) is 0.799. The highest BCUT2D eigenvalue weighted by molar-refractivity contribution is 7.89. The van der Waals surface area contributed by atoms with E-state index in [1.54, 1.807) is 0 Å². The van der Waals surface area contributed by atoms with Gasteiger partial charge in [0.15, 0.2) is 0 Å². The third kappa shape index (κ3) is 3.86. The van der Waals surface area contributed by atoms with Gasteiger partial charge >= 0.3 is 0 Å².